The normalized spacial score (nSPS) is 9.54. The highest BCUT2D eigenvalue weighted by atomic mass is 16.4. The first-order valence-electron chi connectivity index (χ1n) is 3.30. The molecule has 1 aromatic rings. The van der Waals surface area contributed by atoms with Crippen LogP contribution in [0, 0.1) is 0 Å². The summed E-state index contributed by atoms with van der Waals surface area (Å²) in [6, 6.07) is -0.0452. The molecule has 0 radical (unpaired) electrons. The van der Waals surface area contributed by atoms with Gasteiger partial charge in [0.15, 0.2) is 5.69 Å². The lowest BCUT2D eigenvalue weighted by Gasteiger charge is -1.94. The molecule has 7 heteroatoms. The molecule has 0 aliphatic heterocycles. The molecule has 1 heterocycles. The molecule has 13 heavy (non-hydrogen) atoms. The monoisotopic (exact) mass is 185 g/mol. The first-order chi connectivity index (χ1) is 6.09. The van der Waals surface area contributed by atoms with E-state index in [0.29, 0.717) is 0 Å². The minimum atomic E-state index is -1.20. The van der Waals surface area contributed by atoms with Crippen molar-refractivity contribution in [1.82, 2.24) is 4.98 Å². The lowest BCUT2D eigenvalue weighted by atomic mass is 10.5. The van der Waals surface area contributed by atoms with Gasteiger partial charge in [-0.2, -0.15) is 4.98 Å². The second kappa shape index (κ2) is 3.57. The molecule has 0 aliphatic carbocycles. The minimum Gasteiger partial charge on any atom is -0.476 e. The van der Waals surface area contributed by atoms with Crippen LogP contribution in [0.5, 0.6) is 0 Å². The number of aromatic carboxylic acids is 1. The summed E-state index contributed by atoms with van der Waals surface area (Å²) >= 11 is 0. The molecule has 1 aromatic heterocycles. The number of amides is 1. The second-order valence-corrected chi connectivity index (χ2v) is 2.16. The van der Waals surface area contributed by atoms with Gasteiger partial charge < -0.3 is 20.6 Å². The van der Waals surface area contributed by atoms with Crippen molar-refractivity contribution in [2.24, 2.45) is 5.73 Å². The number of aromatic nitrogens is 1. The van der Waals surface area contributed by atoms with Crippen LogP contribution in [0.4, 0.5) is 6.01 Å². The Kier molecular flexibility index (Phi) is 2.48. The van der Waals surface area contributed by atoms with Gasteiger partial charge in [0, 0.05) is 0 Å². The number of carboxylic acid groups (broad SMARTS) is 1. The van der Waals surface area contributed by atoms with Crippen molar-refractivity contribution in [1.29, 1.82) is 0 Å². The first-order valence-corrected chi connectivity index (χ1v) is 3.30. The number of hydrogen-bond acceptors (Lipinski definition) is 5. The van der Waals surface area contributed by atoms with Crippen LogP contribution in [0.1, 0.15) is 10.5 Å². The summed E-state index contributed by atoms with van der Waals surface area (Å²) in [6.07, 6.45) is 0.964. The number of nitrogens with one attached hydrogen (secondary N) is 1. The van der Waals surface area contributed by atoms with Crippen molar-refractivity contribution in [3.8, 4) is 0 Å². The van der Waals surface area contributed by atoms with Gasteiger partial charge in [-0.1, -0.05) is 0 Å². The van der Waals surface area contributed by atoms with Gasteiger partial charge in [0.05, 0.1) is 6.54 Å². The summed E-state index contributed by atoms with van der Waals surface area (Å²) in [7, 11) is 0. The molecular formula is C6H7N3O4. The molecule has 0 unspecified atom stereocenters. The van der Waals surface area contributed by atoms with Crippen LogP contribution in [0.3, 0.4) is 0 Å². The highest BCUT2D eigenvalue weighted by Gasteiger charge is 2.09. The van der Waals surface area contributed by atoms with E-state index in [1.807, 2.05) is 0 Å². The van der Waals surface area contributed by atoms with Crippen LogP contribution in [0.25, 0.3) is 0 Å². The van der Waals surface area contributed by atoms with Gasteiger partial charge in [0.2, 0.25) is 5.91 Å². The van der Waals surface area contributed by atoms with Gasteiger partial charge in [-0.3, -0.25) is 4.79 Å². The molecular weight excluding hydrogens is 178 g/mol. The molecule has 0 aromatic carbocycles. The van der Waals surface area contributed by atoms with Gasteiger partial charge in [-0.15, -0.1) is 0 Å². The number of hydrogen-bond donors (Lipinski definition) is 3. The van der Waals surface area contributed by atoms with Gasteiger partial charge in [0.25, 0.3) is 6.01 Å². The number of primary amides is 1. The lowest BCUT2D eigenvalue weighted by molar-refractivity contribution is -0.116. The van der Waals surface area contributed by atoms with E-state index in [0.717, 1.165) is 6.26 Å². The number of anilines is 1. The van der Waals surface area contributed by atoms with Crippen molar-refractivity contribution in [3.63, 3.8) is 0 Å². The summed E-state index contributed by atoms with van der Waals surface area (Å²) in [5, 5.41) is 10.8. The topological polar surface area (TPSA) is 118 Å². The first kappa shape index (κ1) is 9.04. The predicted molar refractivity (Wildman–Crippen MR) is 41.1 cm³/mol. The molecule has 4 N–H and O–H groups in total. The predicted octanol–water partition coefficient (Wildman–Crippen LogP) is -0.730. The third-order valence-electron chi connectivity index (χ3n) is 1.14. The van der Waals surface area contributed by atoms with E-state index >= 15 is 0 Å². The Morgan fingerprint density at radius 1 is 1.69 bits per heavy atom. The Morgan fingerprint density at radius 3 is 2.85 bits per heavy atom. The molecule has 0 aliphatic rings. The molecule has 0 spiro atoms. The molecule has 1 rings (SSSR count). The Labute approximate surface area is 72.5 Å². The summed E-state index contributed by atoms with van der Waals surface area (Å²) < 4.78 is 4.67. The van der Waals surface area contributed by atoms with E-state index in [2.05, 4.69) is 14.7 Å². The zero-order valence-electron chi connectivity index (χ0n) is 6.48. The molecule has 1 amide bonds. The maximum atomic E-state index is 10.3. The third-order valence-corrected chi connectivity index (χ3v) is 1.14. The number of carboxylic acids is 1. The maximum absolute atomic E-state index is 10.3. The standard InChI is InChI=1S/C6H7N3O4/c7-4(10)1-8-6-9-3(2-13-6)5(11)12/h2H,1H2,(H2,7,10)(H,8,9)(H,11,12). The third kappa shape index (κ3) is 2.47. The number of rotatable bonds is 4. The van der Waals surface area contributed by atoms with Gasteiger partial charge in [-0.25, -0.2) is 4.79 Å². The van der Waals surface area contributed by atoms with Crippen molar-refractivity contribution >= 4 is 17.9 Å². The van der Waals surface area contributed by atoms with Crippen LogP contribution < -0.4 is 11.1 Å². The van der Waals surface area contributed by atoms with Gasteiger partial charge in [-0.05, 0) is 0 Å². The van der Waals surface area contributed by atoms with E-state index in [4.69, 9.17) is 10.8 Å². The fourth-order valence-corrected chi connectivity index (χ4v) is 0.616. The number of carbonyl (C=O) groups is 2. The zero-order valence-corrected chi connectivity index (χ0v) is 6.48. The fraction of sp³-hybridized carbons (Fsp3) is 0.167. The Bertz CT molecular complexity index is 332. The largest absolute Gasteiger partial charge is 0.476 e. The highest BCUT2D eigenvalue weighted by Crippen LogP contribution is 2.06. The zero-order chi connectivity index (χ0) is 9.84. The number of nitrogens with two attached hydrogens (primary N) is 1. The van der Waals surface area contributed by atoms with E-state index < -0.39 is 11.9 Å². The fourth-order valence-electron chi connectivity index (χ4n) is 0.616. The second-order valence-electron chi connectivity index (χ2n) is 2.16. The maximum Gasteiger partial charge on any atom is 0.357 e. The van der Waals surface area contributed by atoms with Crippen molar-refractivity contribution in [3.05, 3.63) is 12.0 Å². The smallest absolute Gasteiger partial charge is 0.357 e. The van der Waals surface area contributed by atoms with Crippen molar-refractivity contribution < 1.29 is 19.1 Å². The average molecular weight is 185 g/mol. The minimum absolute atomic E-state index is 0.0452. The van der Waals surface area contributed by atoms with Crippen LogP contribution in [0.2, 0.25) is 0 Å². The summed E-state index contributed by atoms with van der Waals surface area (Å²) in [6.45, 7) is -0.153. The summed E-state index contributed by atoms with van der Waals surface area (Å²) in [5.74, 6) is -1.79. The molecule has 7 nitrogen and oxygen atoms in total. The van der Waals surface area contributed by atoms with Gasteiger partial charge >= 0.3 is 5.97 Å². The number of oxazole rings is 1. The highest BCUT2D eigenvalue weighted by molar-refractivity contribution is 5.85. The van der Waals surface area contributed by atoms with Crippen molar-refractivity contribution in [2.75, 3.05) is 11.9 Å². The van der Waals surface area contributed by atoms with Crippen LogP contribution >= 0.6 is 0 Å². The van der Waals surface area contributed by atoms with Crippen LogP contribution in [-0.4, -0.2) is 28.5 Å². The Hall–Kier alpha value is -2.05. The van der Waals surface area contributed by atoms with E-state index in [1.54, 1.807) is 0 Å². The SMILES string of the molecule is NC(=O)CNc1nc(C(=O)O)co1. The van der Waals surface area contributed by atoms with E-state index in [-0.39, 0.29) is 18.3 Å². The average Bonchev–Trinajstić information content (AvgIpc) is 2.48. The number of carbonyl (C=O) groups excluding carboxylic acids is 1. The van der Waals surface area contributed by atoms with E-state index in [1.165, 1.54) is 0 Å². The van der Waals surface area contributed by atoms with E-state index in [9.17, 15) is 9.59 Å². The number of nitrogens with zero attached hydrogens (tertiary/aromatic N) is 1. The Balaban J connectivity index is 2.59. The molecule has 0 atom stereocenters. The van der Waals surface area contributed by atoms with Crippen molar-refractivity contribution in [2.45, 2.75) is 0 Å². The lowest BCUT2D eigenvalue weighted by Crippen LogP contribution is -2.21. The summed E-state index contributed by atoms with van der Waals surface area (Å²) in [4.78, 5) is 24.1. The van der Waals surface area contributed by atoms with Crippen LogP contribution in [0.15, 0.2) is 10.7 Å². The Morgan fingerprint density at radius 2 is 2.38 bits per heavy atom. The summed E-state index contributed by atoms with van der Waals surface area (Å²) in [5.41, 5.74) is 4.59. The van der Waals surface area contributed by atoms with Gasteiger partial charge in [0.1, 0.15) is 6.26 Å². The molecule has 0 fully saturated rings. The molecule has 0 bridgehead atoms. The van der Waals surface area contributed by atoms with Crippen LogP contribution in [-0.2, 0) is 4.79 Å². The molecule has 0 saturated heterocycles. The quantitative estimate of drug-likeness (QED) is 0.569. The molecule has 70 valence electrons. The molecule has 0 saturated carbocycles.